The zero-order chi connectivity index (χ0) is 27.9. The molecular formula is C29H35FN6O3. The summed E-state index contributed by atoms with van der Waals surface area (Å²) in [5.74, 6) is -0.154. The van der Waals surface area contributed by atoms with Crippen LogP contribution in [0.1, 0.15) is 53.7 Å². The smallest absolute Gasteiger partial charge is 0.414 e. The van der Waals surface area contributed by atoms with Crippen LogP contribution in [0.4, 0.5) is 14.9 Å². The monoisotopic (exact) mass is 534 g/mol. The molecule has 1 fully saturated rings. The summed E-state index contributed by atoms with van der Waals surface area (Å²) in [5, 5.41) is 12.0. The SMILES string of the molecule is CC(C)(C)C([C@@H]1CC(c2ccc(-c3ccc(N4C[C@H](Cn5ccnn5)OC4=O)cc3F)cn2)=NO1)C(C)(C)C. The van der Waals surface area contributed by atoms with Crippen molar-refractivity contribution >= 4 is 17.5 Å². The Bertz CT molecular complexity index is 1350. The number of benzene rings is 1. The molecule has 2 aliphatic rings. The molecule has 0 radical (unpaired) electrons. The van der Waals surface area contributed by atoms with Crippen molar-refractivity contribution in [3.05, 3.63) is 60.4 Å². The number of halogens is 1. The predicted molar refractivity (Wildman–Crippen MR) is 146 cm³/mol. The molecule has 0 saturated carbocycles. The van der Waals surface area contributed by atoms with Gasteiger partial charge in [0, 0.05) is 35.9 Å². The van der Waals surface area contributed by atoms with Gasteiger partial charge in [-0.2, -0.15) is 0 Å². The molecular weight excluding hydrogens is 499 g/mol. The fraction of sp³-hybridized carbons (Fsp3) is 0.483. The van der Waals surface area contributed by atoms with Gasteiger partial charge in [-0.1, -0.05) is 58.0 Å². The Labute approximate surface area is 228 Å². The van der Waals surface area contributed by atoms with Crippen molar-refractivity contribution in [3.63, 3.8) is 0 Å². The van der Waals surface area contributed by atoms with Crippen molar-refractivity contribution in [1.82, 2.24) is 20.0 Å². The quantitative estimate of drug-likeness (QED) is 0.402. The fourth-order valence-corrected chi connectivity index (χ4v) is 6.14. The molecule has 0 aliphatic carbocycles. The third-order valence-corrected chi connectivity index (χ3v) is 7.30. The topological polar surface area (TPSA) is 94.7 Å². The van der Waals surface area contributed by atoms with Gasteiger partial charge in [-0.25, -0.2) is 13.9 Å². The van der Waals surface area contributed by atoms with Crippen LogP contribution in [0.25, 0.3) is 11.1 Å². The van der Waals surface area contributed by atoms with Gasteiger partial charge in [0.2, 0.25) is 0 Å². The third kappa shape index (κ3) is 5.65. The fourth-order valence-electron chi connectivity index (χ4n) is 6.14. The summed E-state index contributed by atoms with van der Waals surface area (Å²) in [6.45, 7) is 14.1. The first-order valence-corrected chi connectivity index (χ1v) is 13.2. The lowest BCUT2D eigenvalue weighted by Gasteiger charge is -2.43. The Balaban J connectivity index is 1.27. The van der Waals surface area contributed by atoms with E-state index in [2.05, 4.69) is 62.0 Å². The average Bonchev–Trinajstić information content (AvgIpc) is 3.60. The molecule has 206 valence electrons. The highest BCUT2D eigenvalue weighted by atomic mass is 19.1. The standard InChI is InChI=1S/C29H35FN6O3/c1-28(2,3)26(29(4,5)6)25-14-24(33-39-25)23-10-7-18(15-31-23)21-9-8-19(13-22(21)30)36-17-20(38-27(36)37)16-35-12-11-32-34-35/h7-13,15,20,25-26H,14,16-17H2,1-6H3/t20-,25-/m0/s1. The third-order valence-electron chi connectivity index (χ3n) is 7.30. The highest BCUT2D eigenvalue weighted by molar-refractivity contribution is 5.99. The molecule has 5 rings (SSSR count). The molecule has 10 heteroatoms. The molecule has 39 heavy (non-hydrogen) atoms. The second kappa shape index (κ2) is 10.1. The Kier molecular flexibility index (Phi) is 6.90. The minimum atomic E-state index is -0.517. The van der Waals surface area contributed by atoms with E-state index in [0.717, 1.165) is 11.4 Å². The molecule has 2 aliphatic heterocycles. The van der Waals surface area contributed by atoms with Gasteiger partial charge in [0.05, 0.1) is 30.7 Å². The van der Waals surface area contributed by atoms with Gasteiger partial charge in [0.1, 0.15) is 23.7 Å². The first kappa shape index (κ1) is 26.8. The highest BCUT2D eigenvalue weighted by Gasteiger charge is 2.44. The van der Waals surface area contributed by atoms with E-state index in [9.17, 15) is 4.79 Å². The number of cyclic esters (lactones) is 1. The second-order valence-corrected chi connectivity index (χ2v) is 12.4. The number of carbonyl (C=O) groups is 1. The lowest BCUT2D eigenvalue weighted by Crippen LogP contribution is -2.41. The van der Waals surface area contributed by atoms with Gasteiger partial charge >= 0.3 is 6.09 Å². The van der Waals surface area contributed by atoms with E-state index in [1.54, 1.807) is 35.4 Å². The maximum atomic E-state index is 15.2. The molecule has 0 unspecified atom stereocenters. The maximum absolute atomic E-state index is 15.2. The summed E-state index contributed by atoms with van der Waals surface area (Å²) >= 11 is 0. The molecule has 9 nitrogen and oxygen atoms in total. The van der Waals surface area contributed by atoms with Gasteiger partial charge in [0.15, 0.2) is 0 Å². The van der Waals surface area contributed by atoms with Crippen molar-refractivity contribution in [2.24, 2.45) is 21.9 Å². The molecule has 2 aromatic heterocycles. The van der Waals surface area contributed by atoms with Gasteiger partial charge < -0.3 is 9.57 Å². The van der Waals surface area contributed by atoms with Crippen molar-refractivity contribution in [1.29, 1.82) is 0 Å². The molecule has 0 N–H and O–H groups in total. The van der Waals surface area contributed by atoms with E-state index in [-0.39, 0.29) is 16.9 Å². The van der Waals surface area contributed by atoms with Crippen LogP contribution in [-0.4, -0.2) is 50.5 Å². The number of nitrogens with zero attached hydrogens (tertiary/aromatic N) is 6. The summed E-state index contributed by atoms with van der Waals surface area (Å²) in [5.41, 5.74) is 3.09. The van der Waals surface area contributed by atoms with E-state index < -0.39 is 18.0 Å². The Morgan fingerprint density at radius 3 is 2.49 bits per heavy atom. The molecule has 0 bridgehead atoms. The summed E-state index contributed by atoms with van der Waals surface area (Å²) in [7, 11) is 0. The van der Waals surface area contributed by atoms with E-state index in [0.29, 0.717) is 42.2 Å². The van der Waals surface area contributed by atoms with Gasteiger partial charge in [-0.15, -0.1) is 5.10 Å². The molecule has 4 heterocycles. The lowest BCUT2D eigenvalue weighted by molar-refractivity contribution is -0.0527. The number of ether oxygens (including phenoxy) is 1. The number of hydrogen-bond acceptors (Lipinski definition) is 7. The van der Waals surface area contributed by atoms with E-state index in [1.807, 2.05) is 12.1 Å². The van der Waals surface area contributed by atoms with Crippen LogP contribution in [0.3, 0.4) is 0 Å². The number of aromatic nitrogens is 4. The van der Waals surface area contributed by atoms with Gasteiger partial charge in [0.25, 0.3) is 0 Å². The van der Waals surface area contributed by atoms with Crippen LogP contribution in [0.2, 0.25) is 0 Å². The second-order valence-electron chi connectivity index (χ2n) is 12.4. The first-order valence-electron chi connectivity index (χ1n) is 13.2. The molecule has 0 spiro atoms. The summed E-state index contributed by atoms with van der Waals surface area (Å²) in [6, 6.07) is 8.40. The lowest BCUT2D eigenvalue weighted by atomic mass is 9.63. The number of oxime groups is 1. The Morgan fingerprint density at radius 1 is 1.10 bits per heavy atom. The molecule has 1 aromatic carbocycles. The summed E-state index contributed by atoms with van der Waals surface area (Å²) in [4.78, 5) is 24.3. The van der Waals surface area contributed by atoms with Crippen LogP contribution in [0, 0.1) is 22.6 Å². The summed E-state index contributed by atoms with van der Waals surface area (Å²) in [6.07, 6.45) is 4.64. The first-order chi connectivity index (χ1) is 18.4. The number of carbonyl (C=O) groups excluding carboxylic acids is 1. The van der Waals surface area contributed by atoms with E-state index in [4.69, 9.17) is 9.57 Å². The largest absolute Gasteiger partial charge is 0.442 e. The maximum Gasteiger partial charge on any atom is 0.414 e. The van der Waals surface area contributed by atoms with Crippen LogP contribution >= 0.6 is 0 Å². The Morgan fingerprint density at radius 2 is 1.87 bits per heavy atom. The highest BCUT2D eigenvalue weighted by Crippen LogP contribution is 2.45. The van der Waals surface area contributed by atoms with Crippen molar-refractivity contribution in [3.8, 4) is 11.1 Å². The number of rotatable bonds is 6. The molecule has 3 aromatic rings. The van der Waals surface area contributed by atoms with Crippen molar-refractivity contribution < 1.29 is 18.8 Å². The van der Waals surface area contributed by atoms with Crippen LogP contribution in [-0.2, 0) is 16.1 Å². The average molecular weight is 535 g/mol. The van der Waals surface area contributed by atoms with Crippen molar-refractivity contribution in [2.45, 2.75) is 66.7 Å². The normalized spacial score (nSPS) is 19.8. The number of pyridine rings is 1. The van der Waals surface area contributed by atoms with Crippen LogP contribution < -0.4 is 4.90 Å². The van der Waals surface area contributed by atoms with Crippen LogP contribution in [0.15, 0.2) is 54.1 Å². The van der Waals surface area contributed by atoms with Gasteiger partial charge in [-0.05, 0) is 35.1 Å². The minimum Gasteiger partial charge on any atom is -0.442 e. The zero-order valence-corrected chi connectivity index (χ0v) is 23.3. The number of anilines is 1. The van der Waals surface area contributed by atoms with Gasteiger partial charge in [-0.3, -0.25) is 9.88 Å². The number of hydrogen-bond donors (Lipinski definition) is 0. The number of amides is 1. The van der Waals surface area contributed by atoms with E-state index >= 15 is 4.39 Å². The van der Waals surface area contributed by atoms with Crippen LogP contribution in [0.5, 0.6) is 0 Å². The van der Waals surface area contributed by atoms with E-state index in [1.165, 1.54) is 11.0 Å². The van der Waals surface area contributed by atoms with Crippen molar-refractivity contribution in [2.75, 3.05) is 11.4 Å². The zero-order valence-electron chi connectivity index (χ0n) is 23.3. The summed E-state index contributed by atoms with van der Waals surface area (Å²) < 4.78 is 22.2. The molecule has 1 saturated heterocycles. The Hall–Kier alpha value is -3.82. The molecule has 1 amide bonds. The minimum absolute atomic E-state index is 0.0282. The molecule has 2 atom stereocenters. The predicted octanol–water partition coefficient (Wildman–Crippen LogP) is 5.71.